The van der Waals surface area contributed by atoms with Gasteiger partial charge in [-0.2, -0.15) is 0 Å². The first-order valence-electron chi connectivity index (χ1n) is 9.56. The van der Waals surface area contributed by atoms with E-state index in [1.54, 1.807) is 13.8 Å². The second-order valence-corrected chi connectivity index (χ2v) is 7.22. The van der Waals surface area contributed by atoms with Gasteiger partial charge in [0.2, 0.25) is 17.7 Å². The fourth-order valence-corrected chi connectivity index (χ4v) is 2.58. The molecule has 0 fully saturated rings. The van der Waals surface area contributed by atoms with Gasteiger partial charge < -0.3 is 36.9 Å². The van der Waals surface area contributed by atoms with Crippen LogP contribution in [0, 0.1) is 5.92 Å². The van der Waals surface area contributed by atoms with Gasteiger partial charge in [-0.3, -0.25) is 24.0 Å². The van der Waals surface area contributed by atoms with Crippen LogP contribution < -0.4 is 21.7 Å². The van der Waals surface area contributed by atoms with Crippen LogP contribution in [0.4, 0.5) is 0 Å². The highest BCUT2D eigenvalue weighted by Gasteiger charge is 2.30. The molecule has 0 saturated carbocycles. The molecule has 0 aliphatic heterocycles. The standard InChI is InChI=1S/C18H28N6O7/c1-9(2)15(18(31)21-7-14(27)28)24-17(30)12(5-10-6-20-8-22-10)23-16(29)11(19)3-4-13(25)26/h6,8-9,11-12,15H,3-5,7,19H2,1-2H3,(H,20,22)(H,21,31)(H,23,29)(H,24,30)(H,25,26)(H,27,28). The summed E-state index contributed by atoms with van der Waals surface area (Å²) in [6.45, 7) is 2.72. The van der Waals surface area contributed by atoms with Crippen molar-refractivity contribution < 1.29 is 34.2 Å². The highest BCUT2D eigenvalue weighted by molar-refractivity contribution is 5.94. The number of hydrogen-bond donors (Lipinski definition) is 7. The molecule has 172 valence electrons. The third-order valence-corrected chi connectivity index (χ3v) is 4.28. The van der Waals surface area contributed by atoms with Crippen LogP contribution in [0.1, 0.15) is 32.4 Å². The molecule has 3 amide bonds. The summed E-state index contributed by atoms with van der Waals surface area (Å²) in [6.07, 6.45) is 2.42. The minimum absolute atomic E-state index is 0.00475. The molecule has 0 aliphatic rings. The van der Waals surface area contributed by atoms with Crippen molar-refractivity contribution in [2.75, 3.05) is 6.54 Å². The third kappa shape index (κ3) is 9.25. The number of nitrogens with zero attached hydrogens (tertiary/aromatic N) is 1. The van der Waals surface area contributed by atoms with Gasteiger partial charge in [-0.15, -0.1) is 0 Å². The summed E-state index contributed by atoms with van der Waals surface area (Å²) < 4.78 is 0. The average Bonchev–Trinajstić information content (AvgIpc) is 3.20. The van der Waals surface area contributed by atoms with Gasteiger partial charge >= 0.3 is 11.9 Å². The van der Waals surface area contributed by atoms with Crippen LogP contribution in [0.3, 0.4) is 0 Å². The number of carbonyl (C=O) groups is 5. The summed E-state index contributed by atoms with van der Waals surface area (Å²) in [4.78, 5) is 65.5. The summed E-state index contributed by atoms with van der Waals surface area (Å²) >= 11 is 0. The van der Waals surface area contributed by atoms with Crippen LogP contribution >= 0.6 is 0 Å². The lowest BCUT2D eigenvalue weighted by molar-refractivity contribution is -0.139. The number of carbonyl (C=O) groups excluding carboxylic acids is 3. The Labute approximate surface area is 178 Å². The lowest BCUT2D eigenvalue weighted by atomic mass is 10.0. The Morgan fingerprint density at radius 1 is 1.06 bits per heavy atom. The number of rotatable bonds is 13. The molecule has 1 rings (SSSR count). The summed E-state index contributed by atoms with van der Waals surface area (Å²) in [5.41, 5.74) is 6.23. The highest BCUT2D eigenvalue weighted by Crippen LogP contribution is 2.06. The van der Waals surface area contributed by atoms with Gasteiger partial charge in [-0.1, -0.05) is 13.8 Å². The minimum atomic E-state index is -1.23. The predicted molar refractivity (Wildman–Crippen MR) is 106 cm³/mol. The number of aliphatic carboxylic acids is 2. The molecular weight excluding hydrogens is 412 g/mol. The molecule has 8 N–H and O–H groups in total. The van der Waals surface area contributed by atoms with Crippen LogP contribution in [0.2, 0.25) is 0 Å². The van der Waals surface area contributed by atoms with E-state index >= 15 is 0 Å². The summed E-state index contributed by atoms with van der Waals surface area (Å²) in [5.74, 6) is -4.83. The fourth-order valence-electron chi connectivity index (χ4n) is 2.58. The summed E-state index contributed by atoms with van der Waals surface area (Å²) in [5, 5.41) is 24.6. The van der Waals surface area contributed by atoms with Crippen molar-refractivity contribution in [3.8, 4) is 0 Å². The molecule has 0 saturated heterocycles. The summed E-state index contributed by atoms with van der Waals surface area (Å²) in [6, 6.07) is -3.33. The number of amides is 3. The number of imidazole rings is 1. The van der Waals surface area contributed by atoms with Crippen LogP contribution in [0.15, 0.2) is 12.5 Å². The first-order valence-corrected chi connectivity index (χ1v) is 9.56. The van der Waals surface area contributed by atoms with Crippen LogP contribution in [0.5, 0.6) is 0 Å². The van der Waals surface area contributed by atoms with Crippen molar-refractivity contribution >= 4 is 29.7 Å². The van der Waals surface area contributed by atoms with E-state index in [4.69, 9.17) is 15.9 Å². The molecule has 0 spiro atoms. The van der Waals surface area contributed by atoms with Crippen LogP contribution in [-0.4, -0.2) is 74.5 Å². The van der Waals surface area contributed by atoms with Gasteiger partial charge in [0.15, 0.2) is 0 Å². The number of aromatic nitrogens is 2. The maximum Gasteiger partial charge on any atom is 0.322 e. The number of carboxylic acid groups (broad SMARTS) is 2. The molecule has 31 heavy (non-hydrogen) atoms. The monoisotopic (exact) mass is 440 g/mol. The number of H-pyrrole nitrogens is 1. The molecule has 1 aromatic rings. The van der Waals surface area contributed by atoms with Crippen molar-refractivity contribution in [2.24, 2.45) is 11.7 Å². The first-order chi connectivity index (χ1) is 14.5. The van der Waals surface area contributed by atoms with E-state index in [1.165, 1.54) is 12.5 Å². The van der Waals surface area contributed by atoms with Gasteiger partial charge in [0.05, 0.1) is 12.4 Å². The second kappa shape index (κ2) is 12.3. The van der Waals surface area contributed by atoms with E-state index in [2.05, 4.69) is 25.9 Å². The van der Waals surface area contributed by atoms with Gasteiger partial charge in [-0.05, 0) is 12.3 Å². The van der Waals surface area contributed by atoms with Crippen molar-refractivity contribution in [2.45, 2.75) is 51.2 Å². The average molecular weight is 440 g/mol. The third-order valence-electron chi connectivity index (χ3n) is 4.28. The molecule has 13 heteroatoms. The number of aromatic amines is 1. The molecular formula is C18H28N6O7. The van der Waals surface area contributed by atoms with Crippen molar-refractivity contribution in [1.29, 1.82) is 0 Å². The topological polar surface area (TPSA) is 217 Å². The van der Waals surface area contributed by atoms with E-state index in [-0.39, 0.29) is 25.2 Å². The number of carboxylic acids is 2. The molecule has 0 aliphatic carbocycles. The van der Waals surface area contributed by atoms with E-state index < -0.39 is 54.3 Å². The second-order valence-electron chi connectivity index (χ2n) is 7.22. The SMILES string of the molecule is CC(C)C(NC(=O)C(Cc1cnc[nH]1)NC(=O)C(N)CCC(=O)O)C(=O)NCC(=O)O. The van der Waals surface area contributed by atoms with Gasteiger partial charge in [-0.25, -0.2) is 4.98 Å². The van der Waals surface area contributed by atoms with Crippen LogP contribution in [0.25, 0.3) is 0 Å². The Morgan fingerprint density at radius 3 is 2.26 bits per heavy atom. The Morgan fingerprint density at radius 2 is 1.74 bits per heavy atom. The van der Waals surface area contributed by atoms with Crippen LogP contribution in [-0.2, 0) is 30.4 Å². The fraction of sp³-hybridized carbons (Fsp3) is 0.556. The number of hydrogen-bond acceptors (Lipinski definition) is 7. The molecule has 1 heterocycles. The Bertz CT molecular complexity index is 780. The smallest absolute Gasteiger partial charge is 0.322 e. The van der Waals surface area contributed by atoms with Crippen molar-refractivity contribution in [1.82, 2.24) is 25.9 Å². The predicted octanol–water partition coefficient (Wildman–Crippen LogP) is -2.03. The maximum absolute atomic E-state index is 12.9. The molecule has 0 radical (unpaired) electrons. The summed E-state index contributed by atoms with van der Waals surface area (Å²) in [7, 11) is 0. The largest absolute Gasteiger partial charge is 0.481 e. The zero-order chi connectivity index (χ0) is 23.6. The molecule has 3 atom stereocenters. The van der Waals surface area contributed by atoms with Gasteiger partial charge in [0.25, 0.3) is 0 Å². The molecule has 0 aromatic carbocycles. The minimum Gasteiger partial charge on any atom is -0.481 e. The van der Waals surface area contributed by atoms with E-state index in [1.807, 2.05) is 0 Å². The van der Waals surface area contributed by atoms with Crippen molar-refractivity contribution in [3.63, 3.8) is 0 Å². The molecule has 13 nitrogen and oxygen atoms in total. The Balaban J connectivity index is 2.91. The number of nitrogens with two attached hydrogens (primary N) is 1. The normalized spacial score (nSPS) is 13.7. The zero-order valence-corrected chi connectivity index (χ0v) is 17.3. The Hall–Kier alpha value is -3.48. The first kappa shape index (κ1) is 25.6. The number of nitrogens with one attached hydrogen (secondary N) is 4. The zero-order valence-electron chi connectivity index (χ0n) is 17.3. The molecule has 0 bridgehead atoms. The van der Waals surface area contributed by atoms with E-state index in [0.29, 0.717) is 5.69 Å². The van der Waals surface area contributed by atoms with E-state index in [9.17, 15) is 24.0 Å². The van der Waals surface area contributed by atoms with Gasteiger partial charge in [0.1, 0.15) is 18.6 Å². The lowest BCUT2D eigenvalue weighted by Gasteiger charge is -2.25. The quantitative estimate of drug-likeness (QED) is 0.180. The molecule has 1 aromatic heterocycles. The highest BCUT2D eigenvalue weighted by atomic mass is 16.4. The Kier molecular flexibility index (Phi) is 10.1. The molecule has 3 unspecified atom stereocenters. The van der Waals surface area contributed by atoms with E-state index in [0.717, 1.165) is 0 Å². The van der Waals surface area contributed by atoms with Crippen molar-refractivity contribution in [3.05, 3.63) is 18.2 Å². The maximum atomic E-state index is 12.9. The lowest BCUT2D eigenvalue weighted by Crippen LogP contribution is -2.58. The van der Waals surface area contributed by atoms with Gasteiger partial charge in [0, 0.05) is 24.7 Å².